The van der Waals surface area contributed by atoms with E-state index in [1.165, 1.54) is 38.4 Å². The summed E-state index contributed by atoms with van der Waals surface area (Å²) >= 11 is 0. The van der Waals surface area contributed by atoms with E-state index in [1.807, 2.05) is 0 Å². The summed E-state index contributed by atoms with van der Waals surface area (Å²) in [5, 5.41) is 38.1. The number of carbonyl (C=O) groups excluding carboxylic acids is 11. The highest BCUT2D eigenvalue weighted by molar-refractivity contribution is 5.99. The van der Waals surface area contributed by atoms with E-state index in [-0.39, 0.29) is 18.6 Å². The van der Waals surface area contributed by atoms with Crippen LogP contribution in [0.5, 0.6) is 5.75 Å². The number of nitrogens with one attached hydrogen (secondary N) is 7. The number of phenolic OH excluding ortho intramolecular Hbond substituents is 1. The van der Waals surface area contributed by atoms with Crippen molar-refractivity contribution in [3.8, 4) is 5.75 Å². The lowest BCUT2D eigenvalue weighted by atomic mass is 9.95. The molecular weight excluding hydrogens is 881 g/mol. The zero-order chi connectivity index (χ0) is 50.7. The number of nitrogens with two attached hydrogens (primary N) is 3. The Balaban J connectivity index is 2.62. The van der Waals surface area contributed by atoms with Crippen molar-refractivity contribution in [3.63, 3.8) is 0 Å². The number of carbonyl (C=O) groups is 11. The third kappa shape index (κ3) is 18.9. The Labute approximate surface area is 387 Å². The van der Waals surface area contributed by atoms with Crippen LogP contribution in [0.1, 0.15) is 71.8 Å². The van der Waals surface area contributed by atoms with Gasteiger partial charge in [-0.1, -0.05) is 46.2 Å². The van der Waals surface area contributed by atoms with Crippen LogP contribution in [0.2, 0.25) is 0 Å². The number of amides is 11. The van der Waals surface area contributed by atoms with Crippen LogP contribution in [-0.2, 0) is 59.2 Å². The van der Waals surface area contributed by atoms with E-state index in [0.29, 0.717) is 12.0 Å². The van der Waals surface area contributed by atoms with Crippen LogP contribution in [0.4, 0.5) is 0 Å². The van der Waals surface area contributed by atoms with E-state index in [2.05, 4.69) is 37.2 Å². The smallest absolute Gasteiger partial charge is 0.245 e. The molecule has 1 aromatic carbocycles. The number of aromatic hydroxyl groups is 1. The Bertz CT molecular complexity index is 1970. The molecule has 67 heavy (non-hydrogen) atoms. The first-order valence-electron chi connectivity index (χ1n) is 21.7. The third-order valence-electron chi connectivity index (χ3n) is 10.9. The predicted molar refractivity (Wildman–Crippen MR) is 238 cm³/mol. The first kappa shape index (κ1) is 56.2. The highest BCUT2D eigenvalue weighted by Gasteiger charge is 2.38. The molecule has 25 heteroatoms. The molecule has 8 atom stereocenters. The fourth-order valence-corrected chi connectivity index (χ4v) is 7.00. The van der Waals surface area contributed by atoms with E-state index in [0.717, 1.165) is 9.80 Å². The van der Waals surface area contributed by atoms with Gasteiger partial charge in [0.15, 0.2) is 0 Å². The molecule has 3 unspecified atom stereocenters. The van der Waals surface area contributed by atoms with E-state index in [9.17, 15) is 63.0 Å². The summed E-state index contributed by atoms with van der Waals surface area (Å²) in [4.78, 5) is 147. The fourth-order valence-electron chi connectivity index (χ4n) is 7.00. The highest BCUT2D eigenvalue weighted by atomic mass is 16.3. The average Bonchev–Trinajstić information content (AvgIpc) is 3.25. The minimum absolute atomic E-state index is 0.0592. The number of likely N-dealkylation sites (N-methyl/N-ethyl adjacent to an activating group) is 2. The summed E-state index contributed by atoms with van der Waals surface area (Å²) in [6.45, 7) is 4.87. The third-order valence-corrected chi connectivity index (χ3v) is 10.9. The Morgan fingerprint density at radius 2 is 1.45 bits per heavy atom. The van der Waals surface area contributed by atoms with Gasteiger partial charge < -0.3 is 69.1 Å². The number of aliphatic hydroxyl groups is 1. The summed E-state index contributed by atoms with van der Waals surface area (Å²) in [5.41, 5.74) is 16.5. The van der Waals surface area contributed by atoms with Gasteiger partial charge in [-0.25, -0.2) is 0 Å². The minimum Gasteiger partial charge on any atom is -0.508 e. The molecule has 0 bridgehead atoms. The second-order valence-corrected chi connectivity index (χ2v) is 16.8. The maximum absolute atomic E-state index is 14.3. The van der Waals surface area contributed by atoms with Crippen molar-refractivity contribution >= 4 is 65.0 Å². The molecule has 0 spiro atoms. The Morgan fingerprint density at radius 3 is 2.01 bits per heavy atom. The van der Waals surface area contributed by atoms with Gasteiger partial charge in [0.1, 0.15) is 48.2 Å². The molecule has 1 saturated heterocycles. The van der Waals surface area contributed by atoms with Gasteiger partial charge in [-0.2, -0.15) is 0 Å². The van der Waals surface area contributed by atoms with Gasteiger partial charge in [-0.3, -0.25) is 58.1 Å². The van der Waals surface area contributed by atoms with Gasteiger partial charge in [0.25, 0.3) is 0 Å². The van der Waals surface area contributed by atoms with Crippen molar-refractivity contribution in [2.75, 3.05) is 33.7 Å². The first-order valence-corrected chi connectivity index (χ1v) is 21.7. The molecule has 25 nitrogen and oxygen atoms in total. The zero-order valence-corrected chi connectivity index (χ0v) is 38.6. The van der Waals surface area contributed by atoms with Gasteiger partial charge in [-0.05, 0) is 48.8 Å². The van der Waals surface area contributed by atoms with Crippen molar-refractivity contribution in [3.05, 3.63) is 29.8 Å². The van der Waals surface area contributed by atoms with Crippen molar-refractivity contribution in [2.45, 2.75) is 115 Å². The molecule has 372 valence electrons. The van der Waals surface area contributed by atoms with Crippen molar-refractivity contribution < 1.29 is 63.0 Å². The van der Waals surface area contributed by atoms with Gasteiger partial charge in [0.2, 0.25) is 65.0 Å². The minimum atomic E-state index is -1.81. The van der Waals surface area contributed by atoms with Crippen LogP contribution in [0.3, 0.4) is 0 Å². The number of benzene rings is 1. The monoisotopic (exact) mass is 946 g/mol. The van der Waals surface area contributed by atoms with Gasteiger partial charge in [-0.15, -0.1) is 0 Å². The van der Waals surface area contributed by atoms with Gasteiger partial charge in [0, 0.05) is 26.9 Å². The lowest BCUT2D eigenvalue weighted by Gasteiger charge is -2.35. The van der Waals surface area contributed by atoms with Crippen LogP contribution < -0.4 is 54.4 Å². The Morgan fingerprint density at radius 1 is 0.836 bits per heavy atom. The second-order valence-electron chi connectivity index (χ2n) is 16.8. The van der Waals surface area contributed by atoms with Crippen molar-refractivity contribution in [1.82, 2.24) is 47.0 Å². The largest absolute Gasteiger partial charge is 0.508 e. The Hall–Kier alpha value is -6.89. The summed E-state index contributed by atoms with van der Waals surface area (Å²) < 4.78 is 0. The van der Waals surface area contributed by atoms with Crippen LogP contribution in [0.25, 0.3) is 0 Å². The normalized spacial score (nSPS) is 22.4. The molecule has 0 saturated carbocycles. The lowest BCUT2D eigenvalue weighted by Crippen LogP contribution is -2.61. The average molecular weight is 947 g/mol. The number of hydrogen-bond donors (Lipinski definition) is 12. The van der Waals surface area contributed by atoms with E-state index in [1.54, 1.807) is 27.7 Å². The fraction of sp³-hybridized carbons (Fsp3) is 0.595. The van der Waals surface area contributed by atoms with E-state index < -0.39 is 165 Å². The predicted octanol–water partition coefficient (Wildman–Crippen LogP) is -5.21. The maximum Gasteiger partial charge on any atom is 0.245 e. The lowest BCUT2D eigenvalue weighted by molar-refractivity contribution is -0.144. The number of hydrogen-bond acceptors (Lipinski definition) is 14. The number of primary amides is 3. The van der Waals surface area contributed by atoms with Crippen LogP contribution in [0, 0.1) is 11.8 Å². The molecule has 1 heterocycles. The van der Waals surface area contributed by atoms with Gasteiger partial charge >= 0.3 is 0 Å². The molecule has 15 N–H and O–H groups in total. The van der Waals surface area contributed by atoms with Crippen molar-refractivity contribution in [2.24, 2.45) is 29.0 Å². The van der Waals surface area contributed by atoms with Crippen LogP contribution in [-0.4, -0.2) is 161 Å². The molecule has 1 fully saturated rings. The van der Waals surface area contributed by atoms with Crippen LogP contribution >= 0.6 is 0 Å². The number of aliphatic hydroxyl groups excluding tert-OH is 1. The molecule has 1 aliphatic heterocycles. The molecule has 0 aromatic heterocycles. The molecule has 1 aromatic rings. The molecular formula is C42H66N12O13. The number of phenols is 1. The standard InChI is InChI=1S/C42H66N12O13/c1-7-22(4)36-40(65)49-25(12-14-29(43)56)37(62)51-27(17-30(44)57)38(63)50-26(41(66)53(5)20-34(61)52-35(21(2)3)39(64)47-18-31(45)58)13-15-32(59)46-19-33(60)48-28(42(67)54(36)6)16-23-8-10-24(55)11-9-23/h8-11,21-22,25-28,32,35-36,46,55,59H,7,12-20H2,1-6H3,(H2,43,56)(H2,44,57)(H2,45,58)(H,47,64)(H,48,60)(H,49,65)(H,50,63)(H,51,62)(H,52,61)/t22?,25-,26-,27-,28-,32?,35-,36?/m0/s1. The molecule has 2 rings (SSSR count). The summed E-state index contributed by atoms with van der Waals surface area (Å²) in [7, 11) is 2.52. The summed E-state index contributed by atoms with van der Waals surface area (Å²) in [5.74, 6) is -11.0. The van der Waals surface area contributed by atoms with E-state index in [4.69, 9.17) is 17.2 Å². The zero-order valence-electron chi connectivity index (χ0n) is 38.6. The van der Waals surface area contributed by atoms with Gasteiger partial charge in [0.05, 0.1) is 26.1 Å². The van der Waals surface area contributed by atoms with Crippen molar-refractivity contribution in [1.29, 1.82) is 0 Å². The van der Waals surface area contributed by atoms with E-state index >= 15 is 0 Å². The second kappa shape index (κ2) is 26.9. The molecule has 0 radical (unpaired) electrons. The first-order chi connectivity index (χ1) is 31.3. The molecule has 0 aliphatic carbocycles. The quantitative estimate of drug-likeness (QED) is 0.0695. The maximum atomic E-state index is 14.3. The topological polar surface area (TPSA) is 397 Å². The number of rotatable bonds is 17. The summed E-state index contributed by atoms with van der Waals surface area (Å²) in [6, 6.07) is -2.98. The number of nitrogens with zero attached hydrogens (tertiary/aromatic N) is 2. The summed E-state index contributed by atoms with van der Waals surface area (Å²) in [6.07, 6.45) is -3.76. The SMILES string of the molecule is CCC(C)C1C(=O)N[C@@H](CCC(N)=O)C(=O)N[C@@H](CC(N)=O)C(=O)N[C@H](C(=O)N(C)CC(=O)N[C@H](C(=O)NCC(N)=O)C(C)C)CCC(O)NCC(=O)N[C@@H](Cc2ccc(O)cc2)C(=O)N1C. The molecule has 1 aliphatic rings. The van der Waals surface area contributed by atoms with Crippen LogP contribution in [0.15, 0.2) is 24.3 Å². The Kier molecular flexibility index (Phi) is 22.6. The molecule has 11 amide bonds. The highest BCUT2D eigenvalue weighted by Crippen LogP contribution is 2.19.